The van der Waals surface area contributed by atoms with Gasteiger partial charge in [-0.3, -0.25) is 4.90 Å². The van der Waals surface area contributed by atoms with Crippen LogP contribution in [0.5, 0.6) is 0 Å². The molecule has 0 unspecified atom stereocenters. The number of nitrogens with zero attached hydrogens (tertiary/aromatic N) is 1. The molecule has 0 saturated carbocycles. The molecule has 0 atom stereocenters. The number of hydrogen-bond acceptors (Lipinski definition) is 5. The topological polar surface area (TPSA) is 61.4 Å². The average molecular weight is 303 g/mol. The summed E-state index contributed by atoms with van der Waals surface area (Å²) in [5.41, 5.74) is 0.831. The molecule has 5 nitrogen and oxygen atoms in total. The Morgan fingerprint density at radius 1 is 1.37 bits per heavy atom. The fourth-order valence-corrected chi connectivity index (χ4v) is 4.96. The second-order valence-electron chi connectivity index (χ2n) is 4.82. The van der Waals surface area contributed by atoms with Crippen molar-refractivity contribution in [1.82, 2.24) is 14.9 Å². The summed E-state index contributed by atoms with van der Waals surface area (Å²) >= 11 is 1.33. The summed E-state index contributed by atoms with van der Waals surface area (Å²) in [4.78, 5) is 3.30. The Hall–Kier alpha value is -0.470. The quantitative estimate of drug-likeness (QED) is 0.834. The predicted molar refractivity (Wildman–Crippen MR) is 78.3 cm³/mol. The number of rotatable bonds is 5. The summed E-state index contributed by atoms with van der Waals surface area (Å²) < 4.78 is 27.5. The third kappa shape index (κ3) is 4.00. The molecular formula is C12H21N3O2S2. The van der Waals surface area contributed by atoms with Crippen LogP contribution in [-0.4, -0.2) is 52.6 Å². The summed E-state index contributed by atoms with van der Waals surface area (Å²) in [7, 11) is -3.34. The normalized spacial score (nSPS) is 17.8. The highest BCUT2D eigenvalue weighted by atomic mass is 32.2. The van der Waals surface area contributed by atoms with E-state index in [1.807, 2.05) is 19.9 Å². The molecule has 1 aliphatic rings. The Morgan fingerprint density at radius 3 is 2.63 bits per heavy atom. The van der Waals surface area contributed by atoms with Crippen molar-refractivity contribution in [2.45, 2.75) is 18.1 Å². The smallest absolute Gasteiger partial charge is 0.250 e. The summed E-state index contributed by atoms with van der Waals surface area (Å²) in [5.74, 6) is 0. The van der Waals surface area contributed by atoms with Gasteiger partial charge in [-0.2, -0.15) is 0 Å². The number of thiophene rings is 1. The van der Waals surface area contributed by atoms with Crippen molar-refractivity contribution in [3.8, 4) is 0 Å². The van der Waals surface area contributed by atoms with Crippen LogP contribution in [-0.2, 0) is 10.0 Å². The lowest BCUT2D eigenvalue weighted by atomic mass is 10.3. The lowest BCUT2D eigenvalue weighted by molar-refractivity contribution is 0.245. The molecule has 19 heavy (non-hydrogen) atoms. The minimum atomic E-state index is -3.34. The van der Waals surface area contributed by atoms with E-state index in [2.05, 4.69) is 14.9 Å². The lowest BCUT2D eigenvalue weighted by Gasteiger charge is -2.27. The molecule has 7 heteroatoms. The first-order valence-electron chi connectivity index (χ1n) is 6.49. The maximum Gasteiger partial charge on any atom is 0.250 e. The van der Waals surface area contributed by atoms with Gasteiger partial charge in [0.05, 0.1) is 0 Å². The molecule has 0 radical (unpaired) electrons. The minimum Gasteiger partial charge on any atom is -0.314 e. The molecule has 0 aromatic carbocycles. The number of aryl methyl sites for hydroxylation is 2. The van der Waals surface area contributed by atoms with E-state index in [9.17, 15) is 8.42 Å². The van der Waals surface area contributed by atoms with Crippen LogP contribution in [0.25, 0.3) is 0 Å². The van der Waals surface area contributed by atoms with Gasteiger partial charge < -0.3 is 5.32 Å². The minimum absolute atomic E-state index is 0.449. The van der Waals surface area contributed by atoms with Crippen molar-refractivity contribution in [1.29, 1.82) is 0 Å². The predicted octanol–water partition coefficient (Wildman–Crippen LogP) is 0.548. The molecule has 0 bridgehead atoms. The second-order valence-corrected chi connectivity index (χ2v) is 8.04. The molecule has 0 aliphatic carbocycles. The third-order valence-electron chi connectivity index (χ3n) is 3.17. The second kappa shape index (κ2) is 6.32. The van der Waals surface area contributed by atoms with E-state index in [1.165, 1.54) is 11.3 Å². The van der Waals surface area contributed by atoms with Gasteiger partial charge >= 0.3 is 0 Å². The fourth-order valence-electron chi connectivity index (χ4n) is 2.23. The van der Waals surface area contributed by atoms with E-state index in [1.54, 1.807) is 0 Å². The van der Waals surface area contributed by atoms with E-state index in [4.69, 9.17) is 0 Å². The maximum absolute atomic E-state index is 12.2. The monoisotopic (exact) mass is 303 g/mol. The SMILES string of the molecule is Cc1cc(C)c(S(=O)(=O)NCCN2CCNCC2)s1. The van der Waals surface area contributed by atoms with Gasteiger partial charge in [0.1, 0.15) is 4.21 Å². The molecule has 0 amide bonds. The molecule has 1 saturated heterocycles. The van der Waals surface area contributed by atoms with Gasteiger partial charge in [0.25, 0.3) is 0 Å². The molecule has 2 rings (SSSR count). The number of nitrogens with one attached hydrogen (secondary N) is 2. The Balaban J connectivity index is 1.89. The summed E-state index contributed by atoms with van der Waals surface area (Å²) in [6, 6.07) is 1.91. The maximum atomic E-state index is 12.2. The molecule has 108 valence electrons. The summed E-state index contributed by atoms with van der Waals surface area (Å²) in [6.45, 7) is 8.94. The van der Waals surface area contributed by atoms with E-state index >= 15 is 0 Å². The van der Waals surface area contributed by atoms with Crippen molar-refractivity contribution >= 4 is 21.4 Å². The molecule has 1 fully saturated rings. The summed E-state index contributed by atoms with van der Waals surface area (Å²) in [6.07, 6.45) is 0. The molecule has 0 spiro atoms. The zero-order chi connectivity index (χ0) is 13.9. The van der Waals surface area contributed by atoms with Gasteiger partial charge in [-0.15, -0.1) is 11.3 Å². The van der Waals surface area contributed by atoms with Crippen molar-refractivity contribution in [2.75, 3.05) is 39.3 Å². The Kier molecular flexibility index (Phi) is 4.97. The Labute approximate surface area is 119 Å². The molecule has 1 aliphatic heterocycles. The number of sulfonamides is 1. The Bertz CT molecular complexity index is 519. The van der Waals surface area contributed by atoms with Gasteiger partial charge in [-0.05, 0) is 25.5 Å². The molecule has 2 heterocycles. The van der Waals surface area contributed by atoms with Crippen LogP contribution in [0.4, 0.5) is 0 Å². The van der Waals surface area contributed by atoms with Crippen molar-refractivity contribution in [3.05, 3.63) is 16.5 Å². The fraction of sp³-hybridized carbons (Fsp3) is 0.667. The molecule has 1 aromatic heterocycles. The van der Waals surface area contributed by atoms with E-state index in [-0.39, 0.29) is 0 Å². The largest absolute Gasteiger partial charge is 0.314 e. The number of hydrogen-bond donors (Lipinski definition) is 2. The highest BCUT2D eigenvalue weighted by Crippen LogP contribution is 2.25. The van der Waals surface area contributed by atoms with Crippen LogP contribution in [0.1, 0.15) is 10.4 Å². The molecule has 2 N–H and O–H groups in total. The number of piperazine rings is 1. The summed E-state index contributed by atoms with van der Waals surface area (Å²) in [5, 5.41) is 3.28. The first kappa shape index (κ1) is 14.9. The average Bonchev–Trinajstić information content (AvgIpc) is 2.70. The van der Waals surface area contributed by atoms with E-state index in [0.29, 0.717) is 10.8 Å². The van der Waals surface area contributed by atoms with Crippen molar-refractivity contribution < 1.29 is 8.42 Å². The van der Waals surface area contributed by atoms with Crippen LogP contribution in [0.15, 0.2) is 10.3 Å². The van der Waals surface area contributed by atoms with Gasteiger partial charge in [0, 0.05) is 44.1 Å². The van der Waals surface area contributed by atoms with E-state index < -0.39 is 10.0 Å². The zero-order valence-corrected chi connectivity index (χ0v) is 13.0. The highest BCUT2D eigenvalue weighted by molar-refractivity contribution is 7.91. The van der Waals surface area contributed by atoms with Crippen LogP contribution in [0, 0.1) is 13.8 Å². The van der Waals surface area contributed by atoms with Gasteiger partial charge in [-0.25, -0.2) is 13.1 Å². The van der Waals surface area contributed by atoms with Crippen molar-refractivity contribution in [2.24, 2.45) is 0 Å². The van der Waals surface area contributed by atoms with Crippen LogP contribution < -0.4 is 10.0 Å². The van der Waals surface area contributed by atoms with Crippen LogP contribution in [0.3, 0.4) is 0 Å². The van der Waals surface area contributed by atoms with Crippen LogP contribution in [0.2, 0.25) is 0 Å². The highest BCUT2D eigenvalue weighted by Gasteiger charge is 2.19. The van der Waals surface area contributed by atoms with Gasteiger partial charge in [-0.1, -0.05) is 0 Å². The third-order valence-corrected chi connectivity index (χ3v) is 6.42. The zero-order valence-electron chi connectivity index (χ0n) is 11.4. The first-order valence-corrected chi connectivity index (χ1v) is 8.79. The van der Waals surface area contributed by atoms with Crippen LogP contribution >= 0.6 is 11.3 Å². The Morgan fingerprint density at radius 2 is 2.05 bits per heavy atom. The van der Waals surface area contributed by atoms with E-state index in [0.717, 1.165) is 43.2 Å². The molecular weight excluding hydrogens is 282 g/mol. The molecule has 1 aromatic rings. The van der Waals surface area contributed by atoms with Gasteiger partial charge in [0.15, 0.2) is 0 Å². The van der Waals surface area contributed by atoms with Crippen molar-refractivity contribution in [3.63, 3.8) is 0 Å². The van der Waals surface area contributed by atoms with Gasteiger partial charge in [0.2, 0.25) is 10.0 Å². The first-order chi connectivity index (χ1) is 8.99. The standard InChI is InChI=1S/C12H21N3O2S2/c1-10-9-11(2)18-12(10)19(16,17)14-5-8-15-6-3-13-4-7-15/h9,13-14H,3-8H2,1-2H3. The lowest BCUT2D eigenvalue weighted by Crippen LogP contribution is -2.46.